The third kappa shape index (κ3) is 5.39. The van der Waals surface area contributed by atoms with Crippen LogP contribution in [0.4, 0.5) is 4.79 Å². The number of carbonyl (C=O) groups excluding carboxylic acids is 1. The molecular formula is C11H17ClN2O2S. The first-order valence-electron chi connectivity index (χ1n) is 5.42. The van der Waals surface area contributed by atoms with Crippen LogP contribution in [0.2, 0.25) is 4.34 Å². The van der Waals surface area contributed by atoms with Crippen molar-refractivity contribution in [1.29, 1.82) is 0 Å². The number of amides is 2. The van der Waals surface area contributed by atoms with E-state index in [-0.39, 0.29) is 12.1 Å². The molecule has 0 aliphatic rings. The molecule has 0 aromatic carbocycles. The Hall–Kier alpha value is -0.780. The van der Waals surface area contributed by atoms with Crippen molar-refractivity contribution in [2.75, 3.05) is 20.3 Å². The Morgan fingerprint density at radius 3 is 2.94 bits per heavy atom. The van der Waals surface area contributed by atoms with E-state index in [4.69, 9.17) is 16.3 Å². The molecule has 17 heavy (non-hydrogen) atoms. The quantitative estimate of drug-likeness (QED) is 0.785. The molecular weight excluding hydrogens is 260 g/mol. The fourth-order valence-corrected chi connectivity index (χ4v) is 2.36. The lowest BCUT2D eigenvalue weighted by molar-refractivity contribution is 0.193. The highest BCUT2D eigenvalue weighted by Crippen LogP contribution is 2.26. The van der Waals surface area contributed by atoms with Crippen LogP contribution in [0.1, 0.15) is 24.3 Å². The van der Waals surface area contributed by atoms with Crippen molar-refractivity contribution >= 4 is 29.0 Å². The molecule has 2 N–H and O–H groups in total. The van der Waals surface area contributed by atoms with Gasteiger partial charge >= 0.3 is 6.03 Å². The summed E-state index contributed by atoms with van der Waals surface area (Å²) in [7, 11) is 1.64. The van der Waals surface area contributed by atoms with Gasteiger partial charge in [-0.15, -0.1) is 11.3 Å². The topological polar surface area (TPSA) is 50.4 Å². The van der Waals surface area contributed by atoms with Gasteiger partial charge in [-0.1, -0.05) is 11.6 Å². The molecule has 0 aliphatic heterocycles. The molecule has 1 unspecified atom stereocenters. The van der Waals surface area contributed by atoms with Gasteiger partial charge in [0.25, 0.3) is 0 Å². The van der Waals surface area contributed by atoms with Crippen LogP contribution in [0.15, 0.2) is 12.1 Å². The molecule has 6 heteroatoms. The van der Waals surface area contributed by atoms with E-state index in [1.807, 2.05) is 19.1 Å². The van der Waals surface area contributed by atoms with E-state index in [2.05, 4.69) is 10.6 Å². The zero-order chi connectivity index (χ0) is 12.7. The first-order chi connectivity index (χ1) is 8.13. The van der Waals surface area contributed by atoms with Crippen molar-refractivity contribution in [2.24, 2.45) is 0 Å². The highest BCUT2D eigenvalue weighted by molar-refractivity contribution is 7.16. The Balaban J connectivity index is 2.26. The average Bonchev–Trinajstić information content (AvgIpc) is 2.71. The van der Waals surface area contributed by atoms with Crippen molar-refractivity contribution in [3.8, 4) is 0 Å². The Kier molecular flexibility index (Phi) is 6.32. The minimum atomic E-state index is -0.168. The minimum Gasteiger partial charge on any atom is -0.385 e. The summed E-state index contributed by atoms with van der Waals surface area (Å²) in [6.45, 7) is 3.19. The second-order valence-electron chi connectivity index (χ2n) is 3.61. The summed E-state index contributed by atoms with van der Waals surface area (Å²) in [5.74, 6) is 0. The standard InChI is InChI=1S/C11H17ClN2O2S/c1-8(9-4-5-10(12)17-9)14-11(15)13-6-3-7-16-2/h4-5,8H,3,6-7H2,1-2H3,(H2,13,14,15). The Morgan fingerprint density at radius 2 is 2.35 bits per heavy atom. The van der Waals surface area contributed by atoms with Crippen molar-refractivity contribution in [1.82, 2.24) is 10.6 Å². The normalized spacial score (nSPS) is 12.2. The van der Waals surface area contributed by atoms with Gasteiger partial charge in [-0.05, 0) is 25.5 Å². The molecule has 0 bridgehead atoms. The van der Waals surface area contributed by atoms with Crippen molar-refractivity contribution < 1.29 is 9.53 Å². The predicted molar refractivity (Wildman–Crippen MR) is 70.8 cm³/mol. The summed E-state index contributed by atoms with van der Waals surface area (Å²) in [6, 6.07) is 3.55. The minimum absolute atomic E-state index is 0.0325. The molecule has 0 fully saturated rings. The molecule has 1 aromatic rings. The number of methoxy groups -OCH3 is 1. The Bertz CT molecular complexity index is 357. The zero-order valence-corrected chi connectivity index (χ0v) is 11.5. The molecule has 1 atom stereocenters. The number of halogens is 1. The monoisotopic (exact) mass is 276 g/mol. The van der Waals surface area contributed by atoms with E-state index in [9.17, 15) is 4.79 Å². The molecule has 1 aromatic heterocycles. The third-order valence-corrected chi connectivity index (χ3v) is 3.59. The van der Waals surface area contributed by atoms with Crippen LogP contribution in [-0.2, 0) is 4.74 Å². The summed E-state index contributed by atoms with van der Waals surface area (Å²) >= 11 is 7.31. The number of nitrogens with one attached hydrogen (secondary N) is 2. The summed E-state index contributed by atoms with van der Waals surface area (Å²) in [4.78, 5) is 12.5. The van der Waals surface area contributed by atoms with Crippen LogP contribution in [0.5, 0.6) is 0 Å². The maximum absolute atomic E-state index is 11.5. The van der Waals surface area contributed by atoms with E-state index in [1.165, 1.54) is 11.3 Å². The number of hydrogen-bond donors (Lipinski definition) is 2. The summed E-state index contributed by atoms with van der Waals surface area (Å²) in [6.07, 6.45) is 0.809. The molecule has 4 nitrogen and oxygen atoms in total. The molecule has 0 saturated heterocycles. The first kappa shape index (κ1) is 14.3. The van der Waals surface area contributed by atoms with Gasteiger partial charge in [-0.3, -0.25) is 0 Å². The predicted octanol–water partition coefficient (Wildman–Crippen LogP) is 2.80. The van der Waals surface area contributed by atoms with E-state index in [0.717, 1.165) is 15.6 Å². The average molecular weight is 277 g/mol. The number of rotatable bonds is 6. The highest BCUT2D eigenvalue weighted by atomic mass is 35.5. The van der Waals surface area contributed by atoms with Crippen LogP contribution < -0.4 is 10.6 Å². The fraction of sp³-hybridized carbons (Fsp3) is 0.545. The third-order valence-electron chi connectivity index (χ3n) is 2.18. The zero-order valence-electron chi connectivity index (χ0n) is 9.96. The molecule has 1 rings (SSSR count). The number of thiophene rings is 1. The molecule has 1 heterocycles. The lowest BCUT2D eigenvalue weighted by atomic mass is 10.3. The van der Waals surface area contributed by atoms with Gasteiger partial charge < -0.3 is 15.4 Å². The maximum atomic E-state index is 11.5. The van der Waals surface area contributed by atoms with Gasteiger partial charge in [0.05, 0.1) is 10.4 Å². The Labute approximate surface area is 110 Å². The molecule has 0 saturated carbocycles. The van der Waals surface area contributed by atoms with Crippen molar-refractivity contribution in [3.05, 3.63) is 21.3 Å². The number of hydrogen-bond acceptors (Lipinski definition) is 3. The van der Waals surface area contributed by atoms with Crippen molar-refractivity contribution in [2.45, 2.75) is 19.4 Å². The van der Waals surface area contributed by atoms with Crippen LogP contribution >= 0.6 is 22.9 Å². The van der Waals surface area contributed by atoms with Crippen LogP contribution in [-0.4, -0.2) is 26.3 Å². The summed E-state index contributed by atoms with van der Waals surface area (Å²) < 4.78 is 5.62. The van der Waals surface area contributed by atoms with E-state index < -0.39 is 0 Å². The van der Waals surface area contributed by atoms with Gasteiger partial charge in [0.2, 0.25) is 0 Å². The van der Waals surface area contributed by atoms with Gasteiger partial charge in [0.15, 0.2) is 0 Å². The molecule has 96 valence electrons. The fourth-order valence-electron chi connectivity index (χ4n) is 1.30. The summed E-state index contributed by atoms with van der Waals surface area (Å²) in [5, 5.41) is 5.61. The van der Waals surface area contributed by atoms with E-state index in [0.29, 0.717) is 13.2 Å². The van der Waals surface area contributed by atoms with Crippen LogP contribution in [0.3, 0.4) is 0 Å². The largest absolute Gasteiger partial charge is 0.385 e. The SMILES string of the molecule is COCCCNC(=O)NC(C)c1ccc(Cl)s1. The first-order valence-corrected chi connectivity index (χ1v) is 6.61. The Morgan fingerprint density at radius 1 is 1.59 bits per heavy atom. The van der Waals surface area contributed by atoms with Gasteiger partial charge in [0.1, 0.15) is 0 Å². The lowest BCUT2D eigenvalue weighted by Gasteiger charge is -2.13. The maximum Gasteiger partial charge on any atom is 0.315 e. The molecule has 0 radical (unpaired) electrons. The second kappa shape index (κ2) is 7.53. The molecule has 2 amide bonds. The number of ether oxygens (including phenoxy) is 1. The molecule has 0 aliphatic carbocycles. The van der Waals surface area contributed by atoms with Gasteiger partial charge in [0, 0.05) is 25.1 Å². The van der Waals surface area contributed by atoms with Crippen LogP contribution in [0.25, 0.3) is 0 Å². The molecule has 0 spiro atoms. The number of urea groups is 1. The lowest BCUT2D eigenvalue weighted by Crippen LogP contribution is -2.37. The van der Waals surface area contributed by atoms with E-state index in [1.54, 1.807) is 7.11 Å². The van der Waals surface area contributed by atoms with E-state index >= 15 is 0 Å². The summed E-state index contributed by atoms with van der Waals surface area (Å²) in [5.41, 5.74) is 0. The highest BCUT2D eigenvalue weighted by Gasteiger charge is 2.10. The van der Waals surface area contributed by atoms with Crippen LogP contribution in [0, 0.1) is 0 Å². The second-order valence-corrected chi connectivity index (χ2v) is 5.36. The smallest absolute Gasteiger partial charge is 0.315 e. The van der Waals surface area contributed by atoms with Gasteiger partial charge in [-0.25, -0.2) is 4.79 Å². The van der Waals surface area contributed by atoms with Crippen molar-refractivity contribution in [3.63, 3.8) is 0 Å². The van der Waals surface area contributed by atoms with Gasteiger partial charge in [-0.2, -0.15) is 0 Å². The number of carbonyl (C=O) groups is 1.